The Balaban J connectivity index is 2.63. The lowest BCUT2D eigenvalue weighted by Gasteiger charge is -2.37. The van der Waals surface area contributed by atoms with Crippen molar-refractivity contribution < 1.29 is 19.4 Å². The van der Waals surface area contributed by atoms with E-state index in [2.05, 4.69) is 0 Å². The van der Waals surface area contributed by atoms with Crippen molar-refractivity contribution >= 4 is 11.9 Å². The molecule has 0 bridgehead atoms. The molecule has 0 spiro atoms. The highest BCUT2D eigenvalue weighted by Gasteiger charge is 2.57. The quantitative estimate of drug-likeness (QED) is 0.890. The van der Waals surface area contributed by atoms with E-state index in [0.29, 0.717) is 18.5 Å². The fourth-order valence-corrected chi connectivity index (χ4v) is 2.91. The number of carboxylic acids is 1. The van der Waals surface area contributed by atoms with E-state index in [1.165, 1.54) is 18.9 Å². The summed E-state index contributed by atoms with van der Waals surface area (Å²) in [5, 5.41) is 9.76. The lowest BCUT2D eigenvalue weighted by atomic mass is 9.84. The monoisotopic (exact) mass is 263 g/mol. The number of likely N-dealkylation sites (tertiary alicyclic amines) is 1. The molecule has 5 nitrogen and oxygen atoms in total. The maximum atomic E-state index is 11.9. The molecule has 1 N–H and O–H groups in total. The van der Waals surface area contributed by atoms with Gasteiger partial charge in [-0.1, -0.05) is 30.3 Å². The van der Waals surface area contributed by atoms with Gasteiger partial charge in [-0.15, -0.1) is 0 Å². The second kappa shape index (κ2) is 5.01. The van der Waals surface area contributed by atoms with Crippen LogP contribution in [0.2, 0.25) is 0 Å². The molecule has 1 aromatic rings. The second-order valence-electron chi connectivity index (χ2n) is 4.62. The third-order valence-electron chi connectivity index (χ3n) is 3.71. The van der Waals surface area contributed by atoms with E-state index < -0.39 is 17.6 Å². The van der Waals surface area contributed by atoms with Crippen molar-refractivity contribution in [2.75, 3.05) is 13.7 Å². The average Bonchev–Trinajstić information content (AvgIpc) is 2.80. The van der Waals surface area contributed by atoms with Gasteiger partial charge in [-0.25, -0.2) is 4.79 Å². The van der Waals surface area contributed by atoms with Crippen LogP contribution in [0.25, 0.3) is 0 Å². The van der Waals surface area contributed by atoms with Crippen LogP contribution >= 0.6 is 0 Å². The Bertz CT molecular complexity index is 487. The van der Waals surface area contributed by atoms with E-state index in [1.54, 1.807) is 24.3 Å². The van der Waals surface area contributed by atoms with E-state index in [9.17, 15) is 14.7 Å². The van der Waals surface area contributed by atoms with Crippen LogP contribution in [-0.4, -0.2) is 41.6 Å². The molecule has 2 rings (SSSR count). The molecule has 0 radical (unpaired) electrons. The van der Waals surface area contributed by atoms with Crippen molar-refractivity contribution in [3.8, 4) is 0 Å². The molecule has 1 fully saturated rings. The van der Waals surface area contributed by atoms with Crippen LogP contribution < -0.4 is 0 Å². The zero-order valence-corrected chi connectivity index (χ0v) is 11.0. The normalized spacial score (nSPS) is 26.4. The molecule has 1 amide bonds. The molecule has 19 heavy (non-hydrogen) atoms. The Kier molecular flexibility index (Phi) is 3.57. The Morgan fingerprint density at radius 3 is 2.47 bits per heavy atom. The fourth-order valence-electron chi connectivity index (χ4n) is 2.91. The minimum absolute atomic E-state index is 0.259. The molecule has 2 unspecified atom stereocenters. The van der Waals surface area contributed by atoms with Crippen LogP contribution in [0.4, 0.5) is 0 Å². The van der Waals surface area contributed by atoms with Gasteiger partial charge < -0.3 is 14.7 Å². The predicted octanol–water partition coefficient (Wildman–Crippen LogP) is 1.23. The first-order valence-corrected chi connectivity index (χ1v) is 6.15. The Morgan fingerprint density at radius 2 is 2.00 bits per heavy atom. The number of aliphatic carboxylic acids is 1. The third kappa shape index (κ3) is 1.90. The van der Waals surface area contributed by atoms with Gasteiger partial charge in [-0.05, 0) is 12.0 Å². The number of benzene rings is 1. The van der Waals surface area contributed by atoms with Gasteiger partial charge in [0.05, 0.1) is 6.10 Å². The van der Waals surface area contributed by atoms with Crippen molar-refractivity contribution in [3.63, 3.8) is 0 Å². The summed E-state index contributed by atoms with van der Waals surface area (Å²) >= 11 is 0. The first-order valence-electron chi connectivity index (χ1n) is 6.15. The Morgan fingerprint density at radius 1 is 1.37 bits per heavy atom. The maximum absolute atomic E-state index is 11.9. The molecule has 0 saturated carbocycles. The molecular weight excluding hydrogens is 246 g/mol. The molecule has 2 atom stereocenters. The number of hydrogen-bond acceptors (Lipinski definition) is 3. The summed E-state index contributed by atoms with van der Waals surface area (Å²) < 4.78 is 5.35. The molecular formula is C14H17NO4. The molecule has 1 aliphatic heterocycles. The standard InChI is InChI=1S/C14H17NO4/c1-10(16)15-9-8-12(19-2)14(15,13(17)18)11-6-4-3-5-7-11/h3-7,12H,8-9H2,1-2H3,(H,17,18). The third-order valence-corrected chi connectivity index (χ3v) is 3.71. The maximum Gasteiger partial charge on any atom is 0.337 e. The van der Waals surface area contributed by atoms with Crippen molar-refractivity contribution in [3.05, 3.63) is 35.9 Å². The van der Waals surface area contributed by atoms with E-state index in [0.717, 1.165) is 0 Å². The molecule has 102 valence electrons. The van der Waals surface area contributed by atoms with Gasteiger partial charge >= 0.3 is 5.97 Å². The fraction of sp³-hybridized carbons (Fsp3) is 0.429. The highest BCUT2D eigenvalue weighted by Crippen LogP contribution is 2.41. The van der Waals surface area contributed by atoms with Crippen molar-refractivity contribution in [2.24, 2.45) is 0 Å². The molecule has 1 saturated heterocycles. The topological polar surface area (TPSA) is 66.8 Å². The number of hydrogen-bond donors (Lipinski definition) is 1. The average molecular weight is 263 g/mol. The number of ether oxygens (including phenoxy) is 1. The van der Waals surface area contributed by atoms with Gasteiger partial charge in [0.25, 0.3) is 0 Å². The van der Waals surface area contributed by atoms with Crippen molar-refractivity contribution in [1.29, 1.82) is 0 Å². The largest absolute Gasteiger partial charge is 0.479 e. The highest BCUT2D eigenvalue weighted by molar-refractivity contribution is 5.89. The number of carbonyl (C=O) groups is 2. The van der Waals surface area contributed by atoms with Crippen LogP contribution in [-0.2, 0) is 19.9 Å². The van der Waals surface area contributed by atoms with Crippen LogP contribution in [0.15, 0.2) is 30.3 Å². The van der Waals surface area contributed by atoms with Crippen LogP contribution in [0.1, 0.15) is 18.9 Å². The first kappa shape index (κ1) is 13.5. The van der Waals surface area contributed by atoms with E-state index in [4.69, 9.17) is 4.74 Å². The first-order chi connectivity index (χ1) is 9.05. The number of rotatable bonds is 3. The summed E-state index contributed by atoms with van der Waals surface area (Å²) in [5.41, 5.74) is -0.857. The Labute approximate surface area is 111 Å². The lowest BCUT2D eigenvalue weighted by molar-refractivity contribution is -0.163. The second-order valence-corrected chi connectivity index (χ2v) is 4.62. The molecule has 0 aliphatic carbocycles. The van der Waals surface area contributed by atoms with Crippen LogP contribution in [0, 0.1) is 0 Å². The summed E-state index contributed by atoms with van der Waals surface area (Å²) in [6, 6.07) is 8.80. The van der Waals surface area contributed by atoms with E-state index in [1.807, 2.05) is 6.07 Å². The summed E-state index contributed by atoms with van der Waals surface area (Å²) in [6.07, 6.45) is -0.0339. The van der Waals surface area contributed by atoms with E-state index >= 15 is 0 Å². The number of methoxy groups -OCH3 is 1. The number of nitrogens with zero attached hydrogens (tertiary/aromatic N) is 1. The van der Waals surface area contributed by atoms with Crippen LogP contribution in [0.5, 0.6) is 0 Å². The van der Waals surface area contributed by atoms with Gasteiger partial charge in [0.1, 0.15) is 0 Å². The molecule has 0 aromatic heterocycles. The molecule has 1 aromatic carbocycles. The number of carbonyl (C=O) groups excluding carboxylic acids is 1. The summed E-state index contributed by atoms with van der Waals surface area (Å²) in [4.78, 5) is 25.1. The van der Waals surface area contributed by atoms with Gasteiger partial charge in [-0.2, -0.15) is 0 Å². The Hall–Kier alpha value is -1.88. The lowest BCUT2D eigenvalue weighted by Crippen LogP contribution is -2.55. The van der Waals surface area contributed by atoms with Crippen LogP contribution in [0.3, 0.4) is 0 Å². The minimum atomic E-state index is -1.43. The summed E-state index contributed by atoms with van der Waals surface area (Å²) in [7, 11) is 1.48. The molecule has 1 aliphatic rings. The van der Waals surface area contributed by atoms with Gasteiger partial charge in [0.15, 0.2) is 5.54 Å². The number of amides is 1. The number of carboxylic acid groups (broad SMARTS) is 1. The zero-order valence-electron chi connectivity index (χ0n) is 11.0. The smallest absolute Gasteiger partial charge is 0.337 e. The predicted molar refractivity (Wildman–Crippen MR) is 68.6 cm³/mol. The highest BCUT2D eigenvalue weighted by atomic mass is 16.5. The summed E-state index contributed by atoms with van der Waals surface area (Å²) in [5.74, 6) is -1.32. The van der Waals surface area contributed by atoms with Crippen molar-refractivity contribution in [1.82, 2.24) is 4.90 Å². The van der Waals surface area contributed by atoms with Gasteiger partial charge in [0.2, 0.25) is 5.91 Å². The van der Waals surface area contributed by atoms with Gasteiger partial charge in [0, 0.05) is 20.6 Å². The van der Waals surface area contributed by atoms with Gasteiger partial charge in [-0.3, -0.25) is 4.79 Å². The molecule has 1 heterocycles. The minimum Gasteiger partial charge on any atom is -0.479 e. The van der Waals surface area contributed by atoms with E-state index in [-0.39, 0.29) is 5.91 Å². The van der Waals surface area contributed by atoms with Crippen molar-refractivity contribution in [2.45, 2.75) is 25.0 Å². The molecule has 5 heteroatoms. The summed E-state index contributed by atoms with van der Waals surface area (Å²) in [6.45, 7) is 1.77. The zero-order chi connectivity index (χ0) is 14.0. The SMILES string of the molecule is COC1CCN(C(C)=O)C1(C(=O)O)c1ccccc1.